The Kier molecular flexibility index (Phi) is 4.42. The molecule has 1 aromatic carbocycles. The lowest BCUT2D eigenvalue weighted by atomic mass is 10.1. The molecule has 0 aliphatic carbocycles. The minimum absolute atomic E-state index is 0.0732. The number of rotatable bonds is 5. The topological polar surface area (TPSA) is 72.7 Å². The van der Waals surface area contributed by atoms with Gasteiger partial charge >= 0.3 is 5.69 Å². The van der Waals surface area contributed by atoms with Gasteiger partial charge in [0.1, 0.15) is 0 Å². The standard InChI is InChI=1S/C12H14N2O4/c1-13(2)7-6-11(15)9-4-5-10(14(16)17)12(8-9)18-3/h4-8H,1-3H3/b7-6+. The summed E-state index contributed by atoms with van der Waals surface area (Å²) in [6.07, 6.45) is 3.00. The number of hydrogen-bond acceptors (Lipinski definition) is 5. The average molecular weight is 250 g/mol. The largest absolute Gasteiger partial charge is 0.490 e. The predicted molar refractivity (Wildman–Crippen MR) is 66.8 cm³/mol. The van der Waals surface area contributed by atoms with Gasteiger partial charge in [-0.05, 0) is 12.1 Å². The molecule has 6 heteroatoms. The van der Waals surface area contributed by atoms with E-state index in [1.807, 2.05) is 0 Å². The molecule has 0 aliphatic heterocycles. The number of carbonyl (C=O) groups is 1. The van der Waals surface area contributed by atoms with Gasteiger partial charge in [-0.25, -0.2) is 0 Å². The second-order valence-electron chi connectivity index (χ2n) is 3.79. The molecule has 0 radical (unpaired) electrons. The van der Waals surface area contributed by atoms with Crippen LogP contribution in [0.4, 0.5) is 5.69 Å². The summed E-state index contributed by atoms with van der Waals surface area (Å²) in [5.41, 5.74) is 0.182. The lowest BCUT2D eigenvalue weighted by Gasteiger charge is -2.04. The number of methoxy groups -OCH3 is 1. The first-order valence-electron chi connectivity index (χ1n) is 5.17. The van der Waals surface area contributed by atoms with Crippen LogP contribution in [-0.4, -0.2) is 36.8 Å². The van der Waals surface area contributed by atoms with Gasteiger partial charge in [-0.2, -0.15) is 0 Å². The minimum atomic E-state index is -0.553. The van der Waals surface area contributed by atoms with E-state index >= 15 is 0 Å². The van der Waals surface area contributed by atoms with E-state index in [0.717, 1.165) is 0 Å². The van der Waals surface area contributed by atoms with Gasteiger partial charge in [0, 0.05) is 38.0 Å². The van der Waals surface area contributed by atoms with Crippen molar-refractivity contribution in [3.63, 3.8) is 0 Å². The van der Waals surface area contributed by atoms with Crippen molar-refractivity contribution in [2.75, 3.05) is 21.2 Å². The quantitative estimate of drug-likeness (QED) is 0.345. The van der Waals surface area contributed by atoms with Gasteiger partial charge < -0.3 is 9.64 Å². The molecule has 0 atom stereocenters. The van der Waals surface area contributed by atoms with E-state index < -0.39 is 4.92 Å². The number of ketones is 1. The molecule has 1 rings (SSSR count). The minimum Gasteiger partial charge on any atom is -0.490 e. The van der Waals surface area contributed by atoms with Gasteiger partial charge in [-0.15, -0.1) is 0 Å². The first kappa shape index (κ1) is 13.7. The number of hydrogen-bond donors (Lipinski definition) is 0. The molecule has 1 aromatic rings. The molecular formula is C12H14N2O4. The number of nitro benzene ring substituents is 1. The van der Waals surface area contributed by atoms with Crippen LogP contribution in [0.15, 0.2) is 30.5 Å². The Morgan fingerprint density at radius 1 is 1.44 bits per heavy atom. The number of benzene rings is 1. The van der Waals surface area contributed by atoms with E-state index in [4.69, 9.17) is 4.74 Å². The number of allylic oxidation sites excluding steroid dienone is 1. The summed E-state index contributed by atoms with van der Waals surface area (Å²) in [6, 6.07) is 4.03. The van der Waals surface area contributed by atoms with Crippen molar-refractivity contribution in [3.05, 3.63) is 46.2 Å². The summed E-state index contributed by atoms with van der Waals surface area (Å²) >= 11 is 0. The lowest BCUT2D eigenvalue weighted by Crippen LogP contribution is -2.03. The Morgan fingerprint density at radius 3 is 2.61 bits per heavy atom. The molecule has 0 saturated heterocycles. The number of ether oxygens (including phenoxy) is 1. The Bertz CT molecular complexity index is 495. The maximum absolute atomic E-state index is 11.8. The van der Waals surface area contributed by atoms with Crippen molar-refractivity contribution < 1.29 is 14.5 Å². The van der Waals surface area contributed by atoms with Crippen LogP contribution in [0.5, 0.6) is 5.75 Å². The summed E-state index contributed by atoms with van der Waals surface area (Å²) in [4.78, 5) is 23.6. The van der Waals surface area contributed by atoms with Crippen molar-refractivity contribution in [3.8, 4) is 5.75 Å². The first-order valence-corrected chi connectivity index (χ1v) is 5.17. The zero-order valence-electron chi connectivity index (χ0n) is 10.4. The molecule has 0 aromatic heterocycles. The molecule has 0 bridgehead atoms. The zero-order valence-corrected chi connectivity index (χ0v) is 10.4. The van der Waals surface area contributed by atoms with Gasteiger partial charge in [-0.3, -0.25) is 14.9 Å². The highest BCUT2D eigenvalue weighted by Gasteiger charge is 2.16. The molecule has 0 saturated carbocycles. The first-order chi connectivity index (χ1) is 8.45. The summed E-state index contributed by atoms with van der Waals surface area (Å²) in [6.45, 7) is 0. The molecule has 0 heterocycles. The highest BCUT2D eigenvalue weighted by atomic mass is 16.6. The van der Waals surface area contributed by atoms with Crippen LogP contribution in [0.25, 0.3) is 0 Å². The van der Waals surface area contributed by atoms with Gasteiger partial charge in [-0.1, -0.05) is 0 Å². The lowest BCUT2D eigenvalue weighted by molar-refractivity contribution is -0.385. The van der Waals surface area contributed by atoms with Crippen LogP contribution in [0.2, 0.25) is 0 Å². The molecule has 6 nitrogen and oxygen atoms in total. The smallest absolute Gasteiger partial charge is 0.310 e. The average Bonchev–Trinajstić information content (AvgIpc) is 2.34. The fourth-order valence-electron chi connectivity index (χ4n) is 1.29. The monoisotopic (exact) mass is 250 g/mol. The molecule has 0 fully saturated rings. The third kappa shape index (κ3) is 3.31. The molecule has 0 N–H and O–H groups in total. The molecule has 0 unspecified atom stereocenters. The SMILES string of the molecule is COc1cc(C(=O)/C=C/N(C)C)ccc1[N+](=O)[O-]. The van der Waals surface area contributed by atoms with E-state index in [-0.39, 0.29) is 17.2 Å². The maximum atomic E-state index is 11.8. The zero-order chi connectivity index (χ0) is 13.7. The normalized spacial score (nSPS) is 10.4. The molecule has 0 amide bonds. The van der Waals surface area contributed by atoms with Crippen LogP contribution < -0.4 is 4.74 Å². The van der Waals surface area contributed by atoms with Gasteiger partial charge in [0.2, 0.25) is 0 Å². The van der Waals surface area contributed by atoms with E-state index in [0.29, 0.717) is 5.56 Å². The van der Waals surface area contributed by atoms with Crippen LogP contribution >= 0.6 is 0 Å². The molecule has 18 heavy (non-hydrogen) atoms. The highest BCUT2D eigenvalue weighted by molar-refractivity contribution is 6.04. The third-order valence-corrected chi connectivity index (χ3v) is 2.18. The summed E-state index contributed by atoms with van der Waals surface area (Å²) in [7, 11) is 4.91. The van der Waals surface area contributed by atoms with Crippen molar-refractivity contribution in [2.45, 2.75) is 0 Å². The van der Waals surface area contributed by atoms with Gasteiger partial charge in [0.15, 0.2) is 11.5 Å². The Hall–Kier alpha value is -2.37. The fourth-order valence-corrected chi connectivity index (χ4v) is 1.29. The van der Waals surface area contributed by atoms with E-state index in [1.54, 1.807) is 25.2 Å². The second kappa shape index (κ2) is 5.81. The molecule has 0 aliphatic rings. The molecule has 96 valence electrons. The van der Waals surface area contributed by atoms with E-state index in [9.17, 15) is 14.9 Å². The number of nitrogens with zero attached hydrogens (tertiary/aromatic N) is 2. The van der Waals surface area contributed by atoms with Gasteiger partial charge in [0.25, 0.3) is 0 Å². The Balaban J connectivity index is 3.06. The second-order valence-corrected chi connectivity index (χ2v) is 3.79. The number of carbonyl (C=O) groups excluding carboxylic acids is 1. The summed E-state index contributed by atoms with van der Waals surface area (Å²) < 4.78 is 4.89. The predicted octanol–water partition coefficient (Wildman–Crippen LogP) is 1.86. The summed E-state index contributed by atoms with van der Waals surface area (Å²) in [5, 5.41) is 10.7. The van der Waals surface area contributed by atoms with Crippen molar-refractivity contribution in [1.29, 1.82) is 0 Å². The van der Waals surface area contributed by atoms with Crippen molar-refractivity contribution in [2.24, 2.45) is 0 Å². The maximum Gasteiger partial charge on any atom is 0.310 e. The van der Waals surface area contributed by atoms with E-state index in [2.05, 4.69) is 0 Å². The van der Waals surface area contributed by atoms with E-state index in [1.165, 1.54) is 31.4 Å². The third-order valence-electron chi connectivity index (χ3n) is 2.18. The van der Waals surface area contributed by atoms with Gasteiger partial charge in [0.05, 0.1) is 12.0 Å². The summed E-state index contributed by atoms with van der Waals surface area (Å²) in [5.74, 6) is -0.166. The molecular weight excluding hydrogens is 236 g/mol. The van der Waals surface area contributed by atoms with Crippen molar-refractivity contribution >= 4 is 11.5 Å². The van der Waals surface area contributed by atoms with Crippen LogP contribution in [-0.2, 0) is 0 Å². The highest BCUT2D eigenvalue weighted by Crippen LogP contribution is 2.27. The number of nitro groups is 1. The molecule has 0 spiro atoms. The van der Waals surface area contributed by atoms with Crippen LogP contribution in [0.1, 0.15) is 10.4 Å². The Labute approximate surface area is 105 Å². The fraction of sp³-hybridized carbons (Fsp3) is 0.250. The van der Waals surface area contributed by atoms with Crippen LogP contribution in [0, 0.1) is 10.1 Å². The van der Waals surface area contributed by atoms with Crippen LogP contribution in [0.3, 0.4) is 0 Å². The Morgan fingerprint density at radius 2 is 2.11 bits per heavy atom. The van der Waals surface area contributed by atoms with Crippen molar-refractivity contribution in [1.82, 2.24) is 4.90 Å².